The predicted octanol–water partition coefficient (Wildman–Crippen LogP) is 1.73. The lowest BCUT2D eigenvalue weighted by Crippen LogP contribution is -2.32. The van der Waals surface area contributed by atoms with Crippen LogP contribution < -0.4 is 10.5 Å². The number of anilines is 1. The van der Waals surface area contributed by atoms with Crippen LogP contribution in [-0.2, 0) is 10.0 Å². The zero-order valence-corrected chi connectivity index (χ0v) is 12.8. The van der Waals surface area contributed by atoms with Gasteiger partial charge in [-0.05, 0) is 34.5 Å². The van der Waals surface area contributed by atoms with Crippen LogP contribution >= 0.6 is 27.5 Å². The molecule has 8 heteroatoms. The Morgan fingerprint density at radius 3 is 2.72 bits per heavy atom. The maximum Gasteiger partial charge on any atom is 0.241 e. The zero-order chi connectivity index (χ0) is 13.9. The number of nitrogens with two attached hydrogens (primary N) is 1. The van der Waals surface area contributed by atoms with Crippen LogP contribution in [0.3, 0.4) is 0 Å². The van der Waals surface area contributed by atoms with E-state index in [2.05, 4.69) is 20.7 Å². The highest BCUT2D eigenvalue weighted by Gasteiger charge is 2.20. The van der Waals surface area contributed by atoms with Gasteiger partial charge in [-0.2, -0.15) is 0 Å². The van der Waals surface area contributed by atoms with Gasteiger partial charge in [0.05, 0.1) is 15.5 Å². The normalized spacial score (nSPS) is 13.6. The first-order valence-corrected chi connectivity index (χ1v) is 7.85. The Labute approximate surface area is 120 Å². The van der Waals surface area contributed by atoms with Crippen molar-refractivity contribution in [2.75, 3.05) is 12.3 Å². The Hall–Kier alpha value is -0.340. The summed E-state index contributed by atoms with van der Waals surface area (Å²) >= 11 is 8.88. The average molecular weight is 358 g/mol. The molecule has 1 rings (SSSR count). The average Bonchev–Trinajstić information content (AvgIpc) is 2.30. The molecule has 0 radical (unpaired) electrons. The molecule has 5 nitrogen and oxygen atoms in total. The van der Waals surface area contributed by atoms with E-state index in [1.165, 1.54) is 12.1 Å². The summed E-state index contributed by atoms with van der Waals surface area (Å²) in [5, 5.41) is 9.59. The van der Waals surface area contributed by atoms with Gasteiger partial charge in [0, 0.05) is 17.3 Å². The van der Waals surface area contributed by atoms with E-state index in [1.54, 1.807) is 6.92 Å². The van der Waals surface area contributed by atoms with Crippen molar-refractivity contribution in [1.82, 2.24) is 4.72 Å². The molecule has 1 aromatic carbocycles. The van der Waals surface area contributed by atoms with Crippen molar-refractivity contribution in [2.24, 2.45) is 0 Å². The topological polar surface area (TPSA) is 92.4 Å². The van der Waals surface area contributed by atoms with Crippen molar-refractivity contribution in [1.29, 1.82) is 0 Å². The molecule has 1 unspecified atom stereocenters. The van der Waals surface area contributed by atoms with E-state index < -0.39 is 16.1 Å². The number of sulfonamides is 1. The van der Waals surface area contributed by atoms with E-state index in [0.717, 1.165) is 0 Å². The standard InChI is InChI=1S/C10H14BrClN2O3S/c1-2-7(15)5-14-18(16,17)9-4-6(12)3-8(13)10(9)11/h3-4,7,14-15H,2,5,13H2,1H3. The van der Waals surface area contributed by atoms with Crippen molar-refractivity contribution >= 4 is 43.2 Å². The van der Waals surface area contributed by atoms with Crippen molar-refractivity contribution in [3.63, 3.8) is 0 Å². The minimum atomic E-state index is -3.76. The third-order valence-corrected chi connectivity index (χ3v) is 5.12. The highest BCUT2D eigenvalue weighted by molar-refractivity contribution is 9.10. The van der Waals surface area contributed by atoms with Crippen LogP contribution in [0.4, 0.5) is 5.69 Å². The van der Waals surface area contributed by atoms with Gasteiger partial charge in [0.1, 0.15) is 0 Å². The van der Waals surface area contributed by atoms with Crippen molar-refractivity contribution in [3.8, 4) is 0 Å². The van der Waals surface area contributed by atoms with Crippen LogP contribution in [0.25, 0.3) is 0 Å². The lowest BCUT2D eigenvalue weighted by Gasteiger charge is -2.12. The molecule has 0 spiro atoms. The summed E-state index contributed by atoms with van der Waals surface area (Å²) in [5.41, 5.74) is 5.86. The second-order valence-electron chi connectivity index (χ2n) is 3.72. The lowest BCUT2D eigenvalue weighted by molar-refractivity contribution is 0.174. The Morgan fingerprint density at radius 2 is 2.17 bits per heavy atom. The molecule has 0 aromatic heterocycles. The molecule has 0 aliphatic rings. The lowest BCUT2D eigenvalue weighted by atomic mass is 10.3. The maximum absolute atomic E-state index is 12.0. The molecule has 0 fully saturated rings. The minimum absolute atomic E-state index is 0.0456. The maximum atomic E-state index is 12.0. The highest BCUT2D eigenvalue weighted by Crippen LogP contribution is 2.31. The molecule has 0 amide bonds. The molecular formula is C10H14BrClN2O3S. The van der Waals surface area contributed by atoms with E-state index in [0.29, 0.717) is 6.42 Å². The van der Waals surface area contributed by atoms with Crippen LogP contribution in [-0.4, -0.2) is 26.2 Å². The SMILES string of the molecule is CCC(O)CNS(=O)(=O)c1cc(Cl)cc(N)c1Br. The molecule has 102 valence electrons. The quantitative estimate of drug-likeness (QED) is 0.700. The van der Waals surface area contributed by atoms with E-state index in [9.17, 15) is 13.5 Å². The van der Waals surface area contributed by atoms with Gasteiger partial charge in [0.2, 0.25) is 10.0 Å². The fraction of sp³-hybridized carbons (Fsp3) is 0.400. The van der Waals surface area contributed by atoms with Gasteiger partial charge in [0.15, 0.2) is 0 Å². The van der Waals surface area contributed by atoms with Gasteiger partial charge < -0.3 is 10.8 Å². The Kier molecular flexibility index (Phi) is 5.42. The number of hydrogen-bond acceptors (Lipinski definition) is 4. The smallest absolute Gasteiger partial charge is 0.241 e. The zero-order valence-electron chi connectivity index (χ0n) is 9.65. The van der Waals surface area contributed by atoms with Crippen LogP contribution in [0.2, 0.25) is 5.02 Å². The Balaban J connectivity index is 3.05. The van der Waals surface area contributed by atoms with E-state index in [4.69, 9.17) is 17.3 Å². The Bertz CT molecular complexity index is 536. The number of benzene rings is 1. The summed E-state index contributed by atoms with van der Waals surface area (Å²) in [6.07, 6.45) is -0.267. The molecule has 4 N–H and O–H groups in total. The molecule has 0 aliphatic heterocycles. The predicted molar refractivity (Wildman–Crippen MR) is 75.1 cm³/mol. The molecule has 0 bridgehead atoms. The number of hydrogen-bond donors (Lipinski definition) is 3. The highest BCUT2D eigenvalue weighted by atomic mass is 79.9. The summed E-state index contributed by atoms with van der Waals surface area (Å²) in [6.45, 7) is 1.70. The monoisotopic (exact) mass is 356 g/mol. The minimum Gasteiger partial charge on any atom is -0.398 e. The van der Waals surface area contributed by atoms with Crippen molar-refractivity contribution < 1.29 is 13.5 Å². The van der Waals surface area contributed by atoms with Gasteiger partial charge in [-0.1, -0.05) is 18.5 Å². The molecule has 0 saturated carbocycles. The van der Waals surface area contributed by atoms with Gasteiger partial charge in [0.25, 0.3) is 0 Å². The number of aliphatic hydroxyl groups is 1. The summed E-state index contributed by atoms with van der Waals surface area (Å²) in [6, 6.07) is 2.74. The van der Waals surface area contributed by atoms with Crippen molar-refractivity contribution in [2.45, 2.75) is 24.3 Å². The van der Waals surface area contributed by atoms with Crippen LogP contribution in [0, 0.1) is 0 Å². The fourth-order valence-electron chi connectivity index (χ4n) is 1.21. The van der Waals surface area contributed by atoms with Crippen LogP contribution in [0.5, 0.6) is 0 Å². The number of nitrogen functional groups attached to an aromatic ring is 1. The largest absolute Gasteiger partial charge is 0.398 e. The molecular weight excluding hydrogens is 344 g/mol. The van der Waals surface area contributed by atoms with Crippen molar-refractivity contribution in [3.05, 3.63) is 21.6 Å². The molecule has 1 atom stereocenters. The molecule has 18 heavy (non-hydrogen) atoms. The number of halogens is 2. The summed E-state index contributed by atoms with van der Waals surface area (Å²) in [4.78, 5) is -0.0456. The fourth-order valence-corrected chi connectivity index (χ4v) is 3.57. The third kappa shape index (κ3) is 3.83. The van der Waals surface area contributed by atoms with Gasteiger partial charge in [-0.3, -0.25) is 0 Å². The third-order valence-electron chi connectivity index (χ3n) is 2.30. The number of rotatable bonds is 5. The van der Waals surface area contributed by atoms with Crippen LogP contribution in [0.1, 0.15) is 13.3 Å². The molecule has 1 aromatic rings. The summed E-state index contributed by atoms with van der Waals surface area (Å²) < 4.78 is 26.6. The van der Waals surface area contributed by atoms with Gasteiger partial charge >= 0.3 is 0 Å². The second-order valence-corrected chi connectivity index (χ2v) is 6.69. The first-order chi connectivity index (χ1) is 8.27. The first kappa shape index (κ1) is 15.7. The molecule has 0 heterocycles. The molecule has 0 saturated heterocycles. The second kappa shape index (κ2) is 6.21. The van der Waals surface area contributed by atoms with Gasteiger partial charge in [-0.25, -0.2) is 13.1 Å². The number of aliphatic hydroxyl groups excluding tert-OH is 1. The van der Waals surface area contributed by atoms with Crippen LogP contribution in [0.15, 0.2) is 21.5 Å². The van der Waals surface area contributed by atoms with E-state index in [-0.39, 0.29) is 26.6 Å². The first-order valence-electron chi connectivity index (χ1n) is 5.20. The van der Waals surface area contributed by atoms with E-state index >= 15 is 0 Å². The van der Waals surface area contributed by atoms with Gasteiger partial charge in [-0.15, -0.1) is 0 Å². The summed E-state index contributed by atoms with van der Waals surface area (Å²) in [7, 11) is -3.76. The van der Waals surface area contributed by atoms with E-state index in [1.807, 2.05) is 0 Å². The Morgan fingerprint density at radius 1 is 1.56 bits per heavy atom. The molecule has 0 aliphatic carbocycles. The number of nitrogens with one attached hydrogen (secondary N) is 1. The summed E-state index contributed by atoms with van der Waals surface area (Å²) in [5.74, 6) is 0.